The van der Waals surface area contributed by atoms with Gasteiger partial charge < -0.3 is 43.2 Å². The van der Waals surface area contributed by atoms with E-state index in [2.05, 4.69) is 20.9 Å². The molecule has 2 aromatic rings. The second-order valence-corrected chi connectivity index (χ2v) is 8.54. The monoisotopic (exact) mass is 517 g/mol. The molecule has 0 aliphatic rings. The standard InChI is InChI=1S/C23H31N7O7/c1-11(28-22(35)16(9-19(26)32)29-21(34)14(24)6-7-18(25)31)20(33)30-17(23(36)37)8-12-10-27-15-5-3-2-4-13(12)15/h2-5,10-11,14,16-17,27H,6-9,24H2,1H3,(H2,25,31)(H2,26,32)(H,28,35)(H,29,34)(H,30,33)(H,36,37). The molecule has 1 aromatic heterocycles. The van der Waals surface area contributed by atoms with Crippen molar-refractivity contribution in [2.24, 2.45) is 17.2 Å². The van der Waals surface area contributed by atoms with Crippen molar-refractivity contribution in [2.45, 2.75) is 56.8 Å². The molecule has 1 heterocycles. The third-order valence-electron chi connectivity index (χ3n) is 5.54. The number of rotatable bonds is 14. The van der Waals surface area contributed by atoms with E-state index in [1.165, 1.54) is 6.92 Å². The topological polar surface area (TPSA) is 253 Å². The summed E-state index contributed by atoms with van der Waals surface area (Å²) >= 11 is 0. The fourth-order valence-corrected chi connectivity index (χ4v) is 3.51. The molecule has 14 heteroatoms. The van der Waals surface area contributed by atoms with Crippen molar-refractivity contribution >= 4 is 46.4 Å². The number of para-hydroxylation sites is 1. The molecule has 11 N–H and O–H groups in total. The SMILES string of the molecule is CC(NC(=O)C(CC(N)=O)NC(=O)C(N)CCC(N)=O)C(=O)NC(Cc1c[nH]c2ccccc12)C(=O)O. The van der Waals surface area contributed by atoms with Crippen LogP contribution in [-0.2, 0) is 35.2 Å². The van der Waals surface area contributed by atoms with Crippen LogP contribution in [0.4, 0.5) is 0 Å². The van der Waals surface area contributed by atoms with Crippen molar-refractivity contribution in [1.82, 2.24) is 20.9 Å². The molecule has 0 radical (unpaired) electrons. The molecule has 14 nitrogen and oxygen atoms in total. The number of nitrogens with one attached hydrogen (secondary N) is 4. The van der Waals surface area contributed by atoms with E-state index in [-0.39, 0.29) is 19.3 Å². The van der Waals surface area contributed by atoms with Gasteiger partial charge in [0, 0.05) is 29.9 Å². The van der Waals surface area contributed by atoms with Crippen molar-refractivity contribution < 1.29 is 33.9 Å². The zero-order valence-electron chi connectivity index (χ0n) is 20.2. The van der Waals surface area contributed by atoms with Gasteiger partial charge >= 0.3 is 5.97 Å². The van der Waals surface area contributed by atoms with Crippen LogP contribution < -0.4 is 33.2 Å². The van der Waals surface area contributed by atoms with Crippen molar-refractivity contribution in [1.29, 1.82) is 0 Å². The minimum Gasteiger partial charge on any atom is -0.480 e. The number of H-pyrrole nitrogens is 1. The molecular formula is C23H31N7O7. The average Bonchev–Trinajstić information content (AvgIpc) is 3.23. The molecule has 2 rings (SSSR count). The van der Waals surface area contributed by atoms with E-state index in [0.29, 0.717) is 5.56 Å². The first-order valence-electron chi connectivity index (χ1n) is 11.4. The number of primary amides is 2. The third-order valence-corrected chi connectivity index (χ3v) is 5.54. The maximum atomic E-state index is 12.7. The summed E-state index contributed by atoms with van der Waals surface area (Å²) in [6.07, 6.45) is 0.797. The molecule has 0 bridgehead atoms. The van der Waals surface area contributed by atoms with Crippen LogP contribution in [0.25, 0.3) is 10.9 Å². The Kier molecular flexibility index (Phi) is 10.1. The van der Waals surface area contributed by atoms with Gasteiger partial charge in [0.2, 0.25) is 29.5 Å². The zero-order valence-corrected chi connectivity index (χ0v) is 20.2. The fourth-order valence-electron chi connectivity index (χ4n) is 3.51. The van der Waals surface area contributed by atoms with Gasteiger partial charge in [0.1, 0.15) is 18.1 Å². The summed E-state index contributed by atoms with van der Waals surface area (Å²) in [4.78, 5) is 74.8. The van der Waals surface area contributed by atoms with Gasteiger partial charge in [0.15, 0.2) is 0 Å². The third kappa shape index (κ3) is 8.61. The number of carboxylic acids is 1. The predicted molar refractivity (Wildman–Crippen MR) is 131 cm³/mol. The number of benzene rings is 1. The minimum atomic E-state index is -1.46. The molecule has 200 valence electrons. The fraction of sp³-hybridized carbons (Fsp3) is 0.391. The molecule has 0 aliphatic heterocycles. The van der Waals surface area contributed by atoms with Gasteiger partial charge in [-0.1, -0.05) is 18.2 Å². The molecule has 1 aromatic carbocycles. The van der Waals surface area contributed by atoms with Crippen LogP contribution in [-0.4, -0.2) is 69.8 Å². The molecule has 0 saturated carbocycles. The number of carbonyl (C=O) groups excluding carboxylic acids is 5. The summed E-state index contributed by atoms with van der Waals surface area (Å²) in [6, 6.07) is 2.11. The van der Waals surface area contributed by atoms with Crippen LogP contribution in [0.1, 0.15) is 31.7 Å². The van der Waals surface area contributed by atoms with Crippen LogP contribution in [0.15, 0.2) is 30.5 Å². The number of aliphatic carboxylic acids is 1. The van der Waals surface area contributed by atoms with E-state index in [1.807, 2.05) is 18.2 Å². The minimum absolute atomic E-state index is 0.0185. The van der Waals surface area contributed by atoms with E-state index in [1.54, 1.807) is 12.3 Å². The molecule has 5 amide bonds. The van der Waals surface area contributed by atoms with Crippen LogP contribution >= 0.6 is 0 Å². The summed E-state index contributed by atoms with van der Waals surface area (Å²) in [6.45, 7) is 1.31. The van der Waals surface area contributed by atoms with Gasteiger partial charge in [-0.3, -0.25) is 24.0 Å². The molecule has 4 atom stereocenters. The lowest BCUT2D eigenvalue weighted by atomic mass is 10.0. The highest BCUT2D eigenvalue weighted by Crippen LogP contribution is 2.19. The maximum absolute atomic E-state index is 12.7. The molecule has 4 unspecified atom stereocenters. The number of nitrogens with two attached hydrogens (primary N) is 3. The zero-order chi connectivity index (χ0) is 27.7. The number of amides is 5. The van der Waals surface area contributed by atoms with Crippen LogP contribution in [0.5, 0.6) is 0 Å². The Morgan fingerprint density at radius 1 is 0.919 bits per heavy atom. The molecule has 0 spiro atoms. The first kappa shape index (κ1) is 28.8. The van der Waals surface area contributed by atoms with Gasteiger partial charge in [-0.05, 0) is 25.0 Å². The summed E-state index contributed by atoms with van der Waals surface area (Å²) in [7, 11) is 0. The largest absolute Gasteiger partial charge is 0.480 e. The Hall–Kier alpha value is -4.46. The normalized spacial score (nSPS) is 14.1. The van der Waals surface area contributed by atoms with Gasteiger partial charge in [-0.25, -0.2) is 4.79 Å². The summed E-state index contributed by atoms with van der Waals surface area (Å²) in [5, 5.41) is 17.4. The van der Waals surface area contributed by atoms with E-state index in [0.717, 1.165) is 10.9 Å². The average molecular weight is 518 g/mol. The number of carbonyl (C=O) groups is 6. The van der Waals surface area contributed by atoms with E-state index in [9.17, 15) is 33.9 Å². The number of hydrogen-bond acceptors (Lipinski definition) is 7. The predicted octanol–water partition coefficient (Wildman–Crippen LogP) is -2.26. The van der Waals surface area contributed by atoms with Crippen molar-refractivity contribution in [3.63, 3.8) is 0 Å². The highest BCUT2D eigenvalue weighted by Gasteiger charge is 2.29. The van der Waals surface area contributed by atoms with Crippen molar-refractivity contribution in [3.05, 3.63) is 36.0 Å². The van der Waals surface area contributed by atoms with Gasteiger partial charge in [0.25, 0.3) is 0 Å². The smallest absolute Gasteiger partial charge is 0.326 e. The number of aromatic nitrogens is 1. The van der Waals surface area contributed by atoms with E-state index >= 15 is 0 Å². The summed E-state index contributed by atoms with van der Waals surface area (Å²) in [5.74, 6) is -5.40. The summed E-state index contributed by atoms with van der Waals surface area (Å²) < 4.78 is 0. The lowest BCUT2D eigenvalue weighted by Crippen LogP contribution is -2.57. The Morgan fingerprint density at radius 2 is 1.57 bits per heavy atom. The van der Waals surface area contributed by atoms with Crippen molar-refractivity contribution in [3.8, 4) is 0 Å². The second kappa shape index (κ2) is 13.0. The second-order valence-electron chi connectivity index (χ2n) is 8.54. The van der Waals surface area contributed by atoms with Gasteiger partial charge in [-0.2, -0.15) is 0 Å². The Morgan fingerprint density at radius 3 is 2.19 bits per heavy atom. The Balaban J connectivity index is 2.02. The lowest BCUT2D eigenvalue weighted by molar-refractivity contribution is -0.142. The molecule has 0 fully saturated rings. The maximum Gasteiger partial charge on any atom is 0.326 e. The molecule has 0 aliphatic carbocycles. The lowest BCUT2D eigenvalue weighted by Gasteiger charge is -2.23. The molecule has 37 heavy (non-hydrogen) atoms. The van der Waals surface area contributed by atoms with Gasteiger partial charge in [-0.15, -0.1) is 0 Å². The Bertz CT molecular complexity index is 1180. The van der Waals surface area contributed by atoms with Gasteiger partial charge in [0.05, 0.1) is 12.5 Å². The van der Waals surface area contributed by atoms with Crippen LogP contribution in [0.2, 0.25) is 0 Å². The quantitative estimate of drug-likeness (QED) is 0.135. The number of aromatic amines is 1. The molecule has 0 saturated heterocycles. The van der Waals surface area contributed by atoms with Crippen molar-refractivity contribution in [2.75, 3.05) is 0 Å². The number of hydrogen-bond donors (Lipinski definition) is 8. The summed E-state index contributed by atoms with van der Waals surface area (Å²) in [5.41, 5.74) is 17.4. The number of carboxylic acid groups (broad SMARTS) is 1. The van der Waals surface area contributed by atoms with Crippen LogP contribution in [0, 0.1) is 0 Å². The highest BCUT2D eigenvalue weighted by molar-refractivity contribution is 5.96. The Labute approximate surface area is 211 Å². The highest BCUT2D eigenvalue weighted by atomic mass is 16.4. The van der Waals surface area contributed by atoms with Crippen LogP contribution in [0.3, 0.4) is 0 Å². The molecular weight excluding hydrogens is 486 g/mol. The van der Waals surface area contributed by atoms with E-state index in [4.69, 9.17) is 17.2 Å². The first-order valence-corrected chi connectivity index (χ1v) is 11.4. The number of fused-ring (bicyclic) bond motifs is 1. The van der Waals surface area contributed by atoms with E-state index < -0.39 is 66.1 Å². The first-order chi connectivity index (χ1) is 17.4.